The van der Waals surface area contributed by atoms with E-state index < -0.39 is 0 Å². The van der Waals surface area contributed by atoms with Gasteiger partial charge in [-0.15, -0.1) is 24.0 Å². The fourth-order valence-electron chi connectivity index (χ4n) is 3.90. The summed E-state index contributed by atoms with van der Waals surface area (Å²) < 4.78 is 5.08. The standard InChI is InChI=1S/C22H33N5O2.HI/c1-4-16-7-6-8-19-17(15-25-20(16)19)9-12-24-21(23-3)26-18-10-13-27(14-11-18)22(28)29-5-2;/h6-8,15,18,25H,4-5,9-14H2,1-3H3,(H2,23,24,26);1H. The van der Waals surface area contributed by atoms with Gasteiger partial charge in [-0.1, -0.05) is 25.1 Å². The first-order chi connectivity index (χ1) is 14.2. The Labute approximate surface area is 196 Å². The quantitative estimate of drug-likeness (QED) is 0.304. The number of piperidine rings is 1. The smallest absolute Gasteiger partial charge is 0.409 e. The van der Waals surface area contributed by atoms with Gasteiger partial charge in [0.05, 0.1) is 6.61 Å². The first-order valence-corrected chi connectivity index (χ1v) is 10.6. The van der Waals surface area contributed by atoms with Crippen molar-refractivity contribution < 1.29 is 9.53 Å². The Morgan fingerprint density at radius 3 is 2.70 bits per heavy atom. The van der Waals surface area contributed by atoms with Crippen LogP contribution in [0.5, 0.6) is 0 Å². The average molecular weight is 527 g/mol. The van der Waals surface area contributed by atoms with Crippen LogP contribution in [0, 0.1) is 0 Å². The molecule has 2 aromatic rings. The van der Waals surface area contributed by atoms with E-state index in [2.05, 4.69) is 51.9 Å². The van der Waals surface area contributed by atoms with Crippen molar-refractivity contribution in [1.29, 1.82) is 0 Å². The van der Waals surface area contributed by atoms with E-state index >= 15 is 0 Å². The number of carbonyl (C=O) groups is 1. The number of carbonyl (C=O) groups excluding carboxylic acids is 1. The van der Waals surface area contributed by atoms with Crippen LogP contribution in [0.2, 0.25) is 0 Å². The number of guanidine groups is 1. The molecule has 1 amide bonds. The molecular weight excluding hydrogens is 493 g/mol. The van der Waals surface area contributed by atoms with Crippen molar-refractivity contribution in [3.05, 3.63) is 35.5 Å². The summed E-state index contributed by atoms with van der Waals surface area (Å²) in [7, 11) is 1.79. The minimum Gasteiger partial charge on any atom is -0.450 e. The lowest BCUT2D eigenvalue weighted by Crippen LogP contribution is -2.50. The highest BCUT2D eigenvalue weighted by molar-refractivity contribution is 14.0. The molecule has 1 fully saturated rings. The normalized spacial score (nSPS) is 15.0. The van der Waals surface area contributed by atoms with E-state index in [1.165, 1.54) is 22.0 Å². The fraction of sp³-hybridized carbons (Fsp3) is 0.545. The topological polar surface area (TPSA) is 81.8 Å². The Balaban J connectivity index is 0.00000320. The summed E-state index contributed by atoms with van der Waals surface area (Å²) >= 11 is 0. The second-order valence-corrected chi connectivity index (χ2v) is 7.36. The van der Waals surface area contributed by atoms with Crippen molar-refractivity contribution in [3.63, 3.8) is 0 Å². The van der Waals surface area contributed by atoms with Gasteiger partial charge in [-0.3, -0.25) is 4.99 Å². The Morgan fingerprint density at radius 2 is 2.03 bits per heavy atom. The molecule has 3 N–H and O–H groups in total. The lowest BCUT2D eigenvalue weighted by atomic mass is 10.1. The molecule has 0 aliphatic carbocycles. The maximum absolute atomic E-state index is 11.8. The summed E-state index contributed by atoms with van der Waals surface area (Å²) in [6, 6.07) is 6.81. The van der Waals surface area contributed by atoms with E-state index in [9.17, 15) is 4.79 Å². The van der Waals surface area contributed by atoms with Crippen molar-refractivity contribution in [1.82, 2.24) is 20.5 Å². The maximum atomic E-state index is 11.8. The van der Waals surface area contributed by atoms with Gasteiger partial charge < -0.3 is 25.3 Å². The monoisotopic (exact) mass is 527 g/mol. The molecular formula is C22H34IN5O2. The van der Waals surface area contributed by atoms with E-state index in [0.717, 1.165) is 38.2 Å². The van der Waals surface area contributed by atoms with Crippen molar-refractivity contribution in [2.75, 3.05) is 33.3 Å². The van der Waals surface area contributed by atoms with Crippen LogP contribution in [0.25, 0.3) is 10.9 Å². The van der Waals surface area contributed by atoms with Crippen molar-refractivity contribution >= 4 is 46.9 Å². The number of aryl methyl sites for hydroxylation is 1. The van der Waals surface area contributed by atoms with E-state index in [1.54, 1.807) is 11.9 Å². The second kappa shape index (κ2) is 12.0. The Morgan fingerprint density at radius 1 is 1.27 bits per heavy atom. The zero-order valence-corrected chi connectivity index (χ0v) is 20.5. The molecule has 30 heavy (non-hydrogen) atoms. The summed E-state index contributed by atoms with van der Waals surface area (Å²) in [5, 5.41) is 8.21. The number of fused-ring (bicyclic) bond motifs is 1. The SMILES string of the molecule is CCOC(=O)N1CCC(NC(=NC)NCCc2c[nH]c3c(CC)cccc23)CC1.I. The predicted molar refractivity (Wildman–Crippen MR) is 133 cm³/mol. The number of rotatable bonds is 6. The molecule has 3 rings (SSSR count). The number of H-pyrrole nitrogens is 1. The first kappa shape index (κ1) is 24.3. The summed E-state index contributed by atoms with van der Waals surface area (Å²) in [6.45, 7) is 6.67. The number of aromatic nitrogens is 1. The van der Waals surface area contributed by atoms with Crippen LogP contribution in [0.4, 0.5) is 4.79 Å². The molecule has 7 nitrogen and oxygen atoms in total. The number of hydrogen-bond donors (Lipinski definition) is 3. The number of aromatic amines is 1. The molecule has 0 spiro atoms. The van der Waals surface area contributed by atoms with Gasteiger partial charge in [0, 0.05) is 49.8 Å². The van der Waals surface area contributed by atoms with Gasteiger partial charge in [-0.25, -0.2) is 4.79 Å². The van der Waals surface area contributed by atoms with Crippen molar-refractivity contribution in [3.8, 4) is 0 Å². The number of para-hydroxylation sites is 1. The number of benzene rings is 1. The molecule has 0 bridgehead atoms. The minimum absolute atomic E-state index is 0. The highest BCUT2D eigenvalue weighted by atomic mass is 127. The largest absolute Gasteiger partial charge is 0.450 e. The summed E-state index contributed by atoms with van der Waals surface area (Å²) in [6.07, 6.45) is 5.64. The Bertz CT molecular complexity index is 843. The molecule has 1 aliphatic heterocycles. The lowest BCUT2D eigenvalue weighted by molar-refractivity contribution is 0.0963. The van der Waals surface area contributed by atoms with Crippen LogP contribution in [-0.2, 0) is 17.6 Å². The first-order valence-electron chi connectivity index (χ1n) is 10.6. The Hall–Kier alpha value is -1.97. The number of ether oxygens (including phenoxy) is 1. The van der Waals surface area contributed by atoms with E-state index in [1.807, 2.05) is 6.92 Å². The third-order valence-corrected chi connectivity index (χ3v) is 5.54. The number of likely N-dealkylation sites (tertiary alicyclic amines) is 1. The number of halogens is 1. The predicted octanol–water partition coefficient (Wildman–Crippen LogP) is 3.68. The molecule has 1 aromatic heterocycles. The van der Waals surface area contributed by atoms with Gasteiger partial charge >= 0.3 is 6.09 Å². The van der Waals surface area contributed by atoms with Gasteiger partial charge in [-0.05, 0) is 43.7 Å². The van der Waals surface area contributed by atoms with Crippen LogP contribution in [0.1, 0.15) is 37.8 Å². The second-order valence-electron chi connectivity index (χ2n) is 7.36. The van der Waals surface area contributed by atoms with E-state index in [0.29, 0.717) is 25.7 Å². The van der Waals surface area contributed by atoms with Gasteiger partial charge in [-0.2, -0.15) is 0 Å². The molecule has 2 heterocycles. The molecule has 0 atom stereocenters. The third-order valence-electron chi connectivity index (χ3n) is 5.54. The van der Waals surface area contributed by atoms with Gasteiger partial charge in [0.2, 0.25) is 0 Å². The van der Waals surface area contributed by atoms with Crippen LogP contribution in [0.3, 0.4) is 0 Å². The zero-order chi connectivity index (χ0) is 20.6. The molecule has 0 unspecified atom stereocenters. The molecule has 1 aromatic carbocycles. The molecule has 166 valence electrons. The minimum atomic E-state index is -0.210. The highest BCUT2D eigenvalue weighted by Crippen LogP contribution is 2.22. The van der Waals surface area contributed by atoms with Gasteiger partial charge in [0.25, 0.3) is 0 Å². The third kappa shape index (κ3) is 6.02. The Kier molecular flexibility index (Phi) is 9.74. The molecule has 1 aliphatic rings. The van der Waals surface area contributed by atoms with E-state index in [-0.39, 0.29) is 30.1 Å². The number of hydrogen-bond acceptors (Lipinski definition) is 3. The molecule has 0 saturated carbocycles. The van der Waals surface area contributed by atoms with E-state index in [4.69, 9.17) is 4.74 Å². The lowest BCUT2D eigenvalue weighted by Gasteiger charge is -2.32. The van der Waals surface area contributed by atoms with Crippen LogP contribution in [0.15, 0.2) is 29.4 Å². The number of aliphatic imine (C=N–C) groups is 1. The molecule has 8 heteroatoms. The van der Waals surface area contributed by atoms with Gasteiger partial charge in [0.1, 0.15) is 0 Å². The van der Waals surface area contributed by atoms with Crippen LogP contribution in [-0.4, -0.2) is 61.3 Å². The highest BCUT2D eigenvalue weighted by Gasteiger charge is 2.24. The van der Waals surface area contributed by atoms with Crippen molar-refractivity contribution in [2.45, 2.75) is 45.6 Å². The molecule has 0 radical (unpaired) electrons. The maximum Gasteiger partial charge on any atom is 0.409 e. The zero-order valence-electron chi connectivity index (χ0n) is 18.2. The summed E-state index contributed by atoms with van der Waals surface area (Å²) in [4.78, 5) is 21.4. The fourth-order valence-corrected chi connectivity index (χ4v) is 3.90. The van der Waals surface area contributed by atoms with Crippen LogP contribution < -0.4 is 10.6 Å². The molecule has 1 saturated heterocycles. The van der Waals surface area contributed by atoms with Gasteiger partial charge in [0.15, 0.2) is 5.96 Å². The number of amides is 1. The van der Waals surface area contributed by atoms with Crippen LogP contribution >= 0.6 is 24.0 Å². The summed E-state index contributed by atoms with van der Waals surface area (Å²) in [5.41, 5.74) is 3.93. The average Bonchev–Trinajstić information content (AvgIpc) is 3.17. The number of nitrogens with zero attached hydrogens (tertiary/aromatic N) is 2. The summed E-state index contributed by atoms with van der Waals surface area (Å²) in [5.74, 6) is 0.814. The van der Waals surface area contributed by atoms with Crippen molar-refractivity contribution in [2.24, 2.45) is 4.99 Å². The number of nitrogens with one attached hydrogen (secondary N) is 3.